The number of ether oxygens (including phenoxy) is 1. The van der Waals surface area contributed by atoms with Gasteiger partial charge in [-0.15, -0.1) is 0 Å². The lowest BCUT2D eigenvalue weighted by Gasteiger charge is -2.31. The third kappa shape index (κ3) is 6.60. The van der Waals surface area contributed by atoms with Gasteiger partial charge in [0.2, 0.25) is 5.91 Å². The number of nitrogens with one attached hydrogen (secondary N) is 1. The van der Waals surface area contributed by atoms with Crippen molar-refractivity contribution < 1.29 is 18.7 Å². The number of pyridine rings is 1. The summed E-state index contributed by atoms with van der Waals surface area (Å²) in [6.45, 7) is 11.8. The van der Waals surface area contributed by atoms with Gasteiger partial charge in [-0.25, -0.2) is 14.2 Å². The number of piperidine rings is 1. The summed E-state index contributed by atoms with van der Waals surface area (Å²) in [6, 6.07) is 0. The highest BCUT2D eigenvalue weighted by Crippen LogP contribution is 2.27. The second-order valence-corrected chi connectivity index (χ2v) is 9.74. The fourth-order valence-electron chi connectivity index (χ4n) is 2.68. The van der Waals surface area contributed by atoms with Crippen LogP contribution in [0.5, 0.6) is 0 Å². The molecule has 1 aromatic heterocycles. The van der Waals surface area contributed by atoms with E-state index in [9.17, 15) is 14.0 Å². The van der Waals surface area contributed by atoms with E-state index in [4.69, 9.17) is 16.3 Å². The summed E-state index contributed by atoms with van der Waals surface area (Å²) in [6.07, 6.45) is 1.95. The van der Waals surface area contributed by atoms with E-state index in [1.54, 1.807) is 25.7 Å². The molecule has 0 unspecified atom stereocenters. The van der Waals surface area contributed by atoms with E-state index in [0.29, 0.717) is 25.9 Å². The summed E-state index contributed by atoms with van der Waals surface area (Å²) in [5, 5.41) is 2.50. The van der Waals surface area contributed by atoms with Gasteiger partial charge >= 0.3 is 6.09 Å². The Morgan fingerprint density at radius 2 is 1.83 bits per heavy atom. The first-order chi connectivity index (χ1) is 13.8. The summed E-state index contributed by atoms with van der Waals surface area (Å²) in [5.41, 5.74) is -1.03. The smallest absolute Gasteiger partial charge is 0.410 e. The first-order valence-electron chi connectivity index (χ1n) is 9.93. The van der Waals surface area contributed by atoms with Crippen molar-refractivity contribution in [2.75, 3.05) is 18.4 Å². The van der Waals surface area contributed by atoms with E-state index in [2.05, 4.69) is 22.1 Å². The number of hydrogen-bond acceptors (Lipinski definition) is 4. The molecule has 0 atom stereocenters. The number of hydrogen-bond donors (Lipinski definition) is 1. The molecule has 0 radical (unpaired) electrons. The van der Waals surface area contributed by atoms with Gasteiger partial charge in [0.05, 0.1) is 16.8 Å². The molecule has 2 amide bonds. The van der Waals surface area contributed by atoms with Crippen molar-refractivity contribution in [1.29, 1.82) is 0 Å². The molecule has 0 saturated carbocycles. The number of nitrogens with zero attached hydrogens (tertiary/aromatic N) is 2. The first kappa shape index (κ1) is 23.9. The monoisotopic (exact) mass is 437 g/mol. The molecule has 30 heavy (non-hydrogen) atoms. The predicted molar refractivity (Wildman–Crippen MR) is 115 cm³/mol. The lowest BCUT2D eigenvalue weighted by Crippen LogP contribution is -2.41. The zero-order valence-corrected chi connectivity index (χ0v) is 19.1. The zero-order chi connectivity index (χ0) is 22.7. The van der Waals surface area contributed by atoms with Crippen LogP contribution in [0.1, 0.15) is 59.9 Å². The molecule has 8 heteroatoms. The topological polar surface area (TPSA) is 71.5 Å². The minimum Gasteiger partial charge on any atom is -0.444 e. The number of anilines is 1. The van der Waals surface area contributed by atoms with Gasteiger partial charge in [0.15, 0.2) is 5.82 Å². The number of halogens is 2. The summed E-state index contributed by atoms with van der Waals surface area (Å²) >= 11 is 6.10. The van der Waals surface area contributed by atoms with Crippen LogP contribution >= 0.6 is 11.6 Å². The predicted octanol–water partition coefficient (Wildman–Crippen LogP) is 4.86. The van der Waals surface area contributed by atoms with E-state index < -0.39 is 16.8 Å². The average molecular weight is 438 g/mol. The molecule has 1 aliphatic heterocycles. The molecule has 0 aliphatic carbocycles. The number of carbonyl (C=O) groups is 2. The molecule has 0 aromatic carbocycles. The average Bonchev–Trinajstić information content (AvgIpc) is 2.62. The van der Waals surface area contributed by atoms with Crippen LogP contribution < -0.4 is 5.32 Å². The minimum atomic E-state index is -0.700. The normalized spacial score (nSPS) is 15.3. The summed E-state index contributed by atoms with van der Waals surface area (Å²) in [5.74, 6) is 5.17. The molecule has 0 spiro atoms. The number of rotatable bonds is 1. The van der Waals surface area contributed by atoms with Crippen LogP contribution in [-0.2, 0) is 9.53 Å². The molecular weight excluding hydrogens is 409 g/mol. The highest BCUT2D eigenvalue weighted by molar-refractivity contribution is 6.32. The van der Waals surface area contributed by atoms with Crippen LogP contribution in [0.25, 0.3) is 0 Å². The van der Waals surface area contributed by atoms with E-state index >= 15 is 0 Å². The van der Waals surface area contributed by atoms with E-state index in [-0.39, 0.29) is 34.3 Å². The summed E-state index contributed by atoms with van der Waals surface area (Å²) < 4.78 is 19.3. The van der Waals surface area contributed by atoms with Crippen molar-refractivity contribution >= 4 is 29.4 Å². The molecule has 6 nitrogen and oxygen atoms in total. The number of likely N-dealkylation sites (tertiary alicyclic amines) is 1. The Hall–Kier alpha value is -2.33. The molecule has 1 aliphatic rings. The summed E-state index contributed by atoms with van der Waals surface area (Å²) in [7, 11) is 0. The quantitative estimate of drug-likeness (QED) is 0.637. The van der Waals surface area contributed by atoms with E-state index in [1.807, 2.05) is 20.8 Å². The summed E-state index contributed by atoms with van der Waals surface area (Å²) in [4.78, 5) is 30.1. The highest BCUT2D eigenvalue weighted by atomic mass is 35.5. The molecule has 0 bridgehead atoms. The molecule has 1 aromatic rings. The fourth-order valence-corrected chi connectivity index (χ4v) is 2.86. The van der Waals surface area contributed by atoms with Gasteiger partial charge in [0, 0.05) is 24.4 Å². The highest BCUT2D eigenvalue weighted by Gasteiger charge is 2.27. The molecule has 1 saturated heterocycles. The fraction of sp³-hybridized carbons (Fsp3) is 0.591. The van der Waals surface area contributed by atoms with Gasteiger partial charge in [0.25, 0.3) is 0 Å². The zero-order valence-electron chi connectivity index (χ0n) is 18.4. The van der Waals surface area contributed by atoms with Crippen LogP contribution in [0.4, 0.5) is 15.0 Å². The van der Waals surface area contributed by atoms with E-state index in [1.165, 1.54) is 0 Å². The van der Waals surface area contributed by atoms with Crippen molar-refractivity contribution in [2.24, 2.45) is 11.3 Å². The second kappa shape index (κ2) is 9.22. The van der Waals surface area contributed by atoms with Crippen LogP contribution in [0.3, 0.4) is 0 Å². The maximum atomic E-state index is 13.9. The van der Waals surface area contributed by atoms with Gasteiger partial charge in [-0.3, -0.25) is 4.79 Å². The Bertz CT molecular complexity index is 871. The Balaban J connectivity index is 2.12. The van der Waals surface area contributed by atoms with E-state index in [0.717, 1.165) is 6.20 Å². The van der Waals surface area contributed by atoms with Gasteiger partial charge in [-0.1, -0.05) is 44.2 Å². The van der Waals surface area contributed by atoms with Gasteiger partial charge in [-0.05, 0) is 33.6 Å². The molecule has 2 rings (SSSR count). The second-order valence-electron chi connectivity index (χ2n) is 9.36. The van der Waals surface area contributed by atoms with Crippen molar-refractivity contribution in [3.8, 4) is 11.8 Å². The SMILES string of the molecule is CC(C)(C)OC(=O)N1CCC(C#Cc2c(NC(=O)C(C)(C)C)ncc(F)c2Cl)CC1. The lowest BCUT2D eigenvalue weighted by atomic mass is 9.95. The Labute approximate surface area is 182 Å². The maximum Gasteiger partial charge on any atom is 0.410 e. The van der Waals surface area contributed by atoms with Crippen LogP contribution in [0.15, 0.2) is 6.20 Å². The largest absolute Gasteiger partial charge is 0.444 e. The van der Waals surface area contributed by atoms with Gasteiger partial charge in [0.1, 0.15) is 11.4 Å². The third-order valence-electron chi connectivity index (χ3n) is 4.43. The third-order valence-corrected chi connectivity index (χ3v) is 4.80. The maximum absolute atomic E-state index is 13.9. The molecule has 164 valence electrons. The van der Waals surface area contributed by atoms with Crippen molar-refractivity contribution in [1.82, 2.24) is 9.88 Å². The molecule has 1 N–H and O–H groups in total. The molecule has 1 fully saturated rings. The number of aromatic nitrogens is 1. The van der Waals surface area contributed by atoms with Crippen LogP contribution in [0, 0.1) is 29.0 Å². The van der Waals surface area contributed by atoms with Crippen molar-refractivity contribution in [3.05, 3.63) is 22.6 Å². The van der Waals surface area contributed by atoms with Gasteiger partial charge in [-0.2, -0.15) is 0 Å². The van der Waals surface area contributed by atoms with Crippen molar-refractivity contribution in [3.63, 3.8) is 0 Å². The minimum absolute atomic E-state index is 0.00851. The Morgan fingerprint density at radius 3 is 2.37 bits per heavy atom. The number of carbonyl (C=O) groups excluding carboxylic acids is 2. The molecular formula is C22H29ClFN3O3. The van der Waals surface area contributed by atoms with Crippen molar-refractivity contribution in [2.45, 2.75) is 60.0 Å². The molecule has 2 heterocycles. The Kier molecular flexibility index (Phi) is 7.36. The standard InChI is InChI=1S/C22H29ClFN3O3/c1-21(2,3)19(28)26-18-15(17(23)16(24)13-25-18)8-7-14-9-11-27(12-10-14)20(29)30-22(4,5)6/h13-14H,9-12H2,1-6H3,(H,25,26,28). The Morgan fingerprint density at radius 1 is 1.23 bits per heavy atom. The van der Waals surface area contributed by atoms with Crippen LogP contribution in [-0.4, -0.2) is 40.6 Å². The van der Waals surface area contributed by atoms with Crippen LogP contribution in [0.2, 0.25) is 5.02 Å². The number of amides is 2. The van der Waals surface area contributed by atoms with Gasteiger partial charge < -0.3 is 15.0 Å². The first-order valence-corrected chi connectivity index (χ1v) is 10.3. The lowest BCUT2D eigenvalue weighted by molar-refractivity contribution is -0.123.